The van der Waals surface area contributed by atoms with E-state index in [1.165, 1.54) is 0 Å². The van der Waals surface area contributed by atoms with E-state index in [0.29, 0.717) is 18.0 Å². The van der Waals surface area contributed by atoms with Gasteiger partial charge in [-0.3, -0.25) is 4.98 Å². The highest BCUT2D eigenvalue weighted by Crippen LogP contribution is 2.14. The van der Waals surface area contributed by atoms with Crippen molar-refractivity contribution in [1.29, 1.82) is 0 Å². The van der Waals surface area contributed by atoms with Gasteiger partial charge in [0.25, 0.3) is 0 Å². The Morgan fingerprint density at radius 3 is 3.00 bits per heavy atom. The van der Waals surface area contributed by atoms with Crippen molar-refractivity contribution in [3.63, 3.8) is 0 Å². The Morgan fingerprint density at radius 1 is 1.47 bits per heavy atom. The molecule has 0 aliphatic rings. The molecule has 0 aliphatic carbocycles. The van der Waals surface area contributed by atoms with Crippen molar-refractivity contribution in [3.8, 4) is 5.69 Å². The minimum atomic E-state index is 0.522. The monoisotopic (exact) mass is 222 g/mol. The molecule has 2 aromatic rings. The summed E-state index contributed by atoms with van der Waals surface area (Å²) in [5, 5.41) is 4.34. The Morgan fingerprint density at radius 2 is 2.33 bits per heavy atom. The zero-order valence-electron chi connectivity index (χ0n) is 8.10. The lowest BCUT2D eigenvalue weighted by Crippen LogP contribution is -1.97. The van der Waals surface area contributed by atoms with Gasteiger partial charge in [0.15, 0.2) is 0 Å². The molecule has 2 rings (SSSR count). The second-order valence-electron chi connectivity index (χ2n) is 3.13. The molecule has 2 aromatic heterocycles. The average molecular weight is 223 g/mol. The largest absolute Gasteiger partial charge is 0.396 e. The van der Waals surface area contributed by atoms with Crippen molar-refractivity contribution in [3.05, 3.63) is 36.4 Å². The normalized spacial score (nSPS) is 10.5. The number of hydrogen-bond acceptors (Lipinski definition) is 3. The van der Waals surface area contributed by atoms with E-state index in [4.69, 9.17) is 17.3 Å². The lowest BCUT2D eigenvalue weighted by molar-refractivity contribution is 0.838. The zero-order chi connectivity index (χ0) is 10.7. The van der Waals surface area contributed by atoms with Crippen LogP contribution in [0.4, 0.5) is 5.69 Å². The van der Waals surface area contributed by atoms with Gasteiger partial charge in [0.05, 0.1) is 29.5 Å². The number of nitrogens with zero attached hydrogens (tertiary/aromatic N) is 3. The SMILES string of the molecule is Nc1cn(-c2cccnc2)nc1CCCl. The van der Waals surface area contributed by atoms with Gasteiger partial charge in [0.1, 0.15) is 0 Å². The molecule has 2 N–H and O–H groups in total. The van der Waals surface area contributed by atoms with E-state index >= 15 is 0 Å². The Bertz CT molecular complexity index is 438. The summed E-state index contributed by atoms with van der Waals surface area (Å²) in [5.41, 5.74) is 8.19. The molecule has 0 unspecified atom stereocenters. The first-order chi connectivity index (χ1) is 7.31. The third-order valence-corrected chi connectivity index (χ3v) is 2.25. The first kappa shape index (κ1) is 9.98. The number of anilines is 1. The highest BCUT2D eigenvalue weighted by Gasteiger charge is 2.06. The summed E-state index contributed by atoms with van der Waals surface area (Å²) in [6, 6.07) is 3.78. The summed E-state index contributed by atoms with van der Waals surface area (Å²) in [5.74, 6) is 0.522. The van der Waals surface area contributed by atoms with Crippen LogP contribution in [0.2, 0.25) is 0 Å². The molecule has 0 aliphatic heterocycles. The smallest absolute Gasteiger partial charge is 0.0870 e. The van der Waals surface area contributed by atoms with Crippen LogP contribution in [-0.4, -0.2) is 20.6 Å². The number of rotatable bonds is 3. The topological polar surface area (TPSA) is 56.7 Å². The maximum atomic E-state index is 5.80. The van der Waals surface area contributed by atoms with E-state index < -0.39 is 0 Å². The number of aromatic nitrogens is 3. The highest BCUT2D eigenvalue weighted by atomic mass is 35.5. The Balaban J connectivity index is 2.34. The van der Waals surface area contributed by atoms with E-state index in [1.54, 1.807) is 23.3 Å². The number of alkyl halides is 1. The standard InChI is InChI=1S/C10H11ClN4/c11-4-3-10-9(12)7-15(14-10)8-2-1-5-13-6-8/h1-2,5-7H,3-4,12H2. The molecule has 0 saturated carbocycles. The zero-order valence-corrected chi connectivity index (χ0v) is 8.85. The molecule has 0 spiro atoms. The molecule has 15 heavy (non-hydrogen) atoms. The van der Waals surface area contributed by atoms with Gasteiger partial charge < -0.3 is 5.73 Å². The number of pyridine rings is 1. The highest BCUT2D eigenvalue weighted by molar-refractivity contribution is 6.18. The first-order valence-corrected chi connectivity index (χ1v) is 5.15. The number of aryl methyl sites for hydroxylation is 1. The molecule has 0 radical (unpaired) electrons. The summed E-state index contributed by atoms with van der Waals surface area (Å²) in [6.07, 6.45) is 5.91. The summed E-state index contributed by atoms with van der Waals surface area (Å²) < 4.78 is 1.71. The van der Waals surface area contributed by atoms with Crippen molar-refractivity contribution in [1.82, 2.24) is 14.8 Å². The van der Waals surface area contributed by atoms with Crippen LogP contribution in [0.5, 0.6) is 0 Å². The van der Waals surface area contributed by atoms with E-state index in [9.17, 15) is 0 Å². The molecule has 4 nitrogen and oxygen atoms in total. The molecule has 78 valence electrons. The van der Waals surface area contributed by atoms with Gasteiger partial charge in [-0.25, -0.2) is 4.68 Å². The van der Waals surface area contributed by atoms with Crippen LogP contribution in [0, 0.1) is 0 Å². The van der Waals surface area contributed by atoms with Gasteiger partial charge >= 0.3 is 0 Å². The van der Waals surface area contributed by atoms with Crippen molar-refractivity contribution < 1.29 is 0 Å². The van der Waals surface area contributed by atoms with E-state index in [0.717, 1.165) is 11.4 Å². The average Bonchev–Trinajstić information content (AvgIpc) is 2.63. The van der Waals surface area contributed by atoms with Crippen molar-refractivity contribution in [2.24, 2.45) is 0 Å². The number of halogens is 1. The van der Waals surface area contributed by atoms with Crippen molar-refractivity contribution in [2.45, 2.75) is 6.42 Å². The van der Waals surface area contributed by atoms with Crippen LogP contribution >= 0.6 is 11.6 Å². The third-order valence-electron chi connectivity index (χ3n) is 2.06. The van der Waals surface area contributed by atoms with E-state index in [2.05, 4.69) is 10.1 Å². The quantitative estimate of drug-likeness (QED) is 0.804. The van der Waals surface area contributed by atoms with Crippen LogP contribution in [0.15, 0.2) is 30.7 Å². The van der Waals surface area contributed by atoms with Gasteiger partial charge in [-0.15, -0.1) is 11.6 Å². The Hall–Kier alpha value is -1.55. The second kappa shape index (κ2) is 4.31. The molecule has 2 heterocycles. The van der Waals surface area contributed by atoms with Crippen LogP contribution in [-0.2, 0) is 6.42 Å². The van der Waals surface area contributed by atoms with Gasteiger partial charge in [-0.2, -0.15) is 5.10 Å². The second-order valence-corrected chi connectivity index (χ2v) is 3.50. The van der Waals surface area contributed by atoms with Gasteiger partial charge in [0, 0.05) is 18.5 Å². The molecule has 0 bridgehead atoms. The molecule has 0 aromatic carbocycles. The van der Waals surface area contributed by atoms with Crippen molar-refractivity contribution >= 4 is 17.3 Å². The lowest BCUT2D eigenvalue weighted by Gasteiger charge is -1.98. The maximum Gasteiger partial charge on any atom is 0.0870 e. The number of hydrogen-bond donors (Lipinski definition) is 1. The van der Waals surface area contributed by atoms with E-state index in [1.807, 2.05) is 12.1 Å². The molecule has 0 fully saturated rings. The molecule has 0 atom stereocenters. The number of nitrogens with two attached hydrogens (primary N) is 1. The van der Waals surface area contributed by atoms with Crippen LogP contribution in [0.25, 0.3) is 5.69 Å². The van der Waals surface area contributed by atoms with Gasteiger partial charge in [-0.1, -0.05) is 0 Å². The fraction of sp³-hybridized carbons (Fsp3) is 0.200. The van der Waals surface area contributed by atoms with E-state index in [-0.39, 0.29) is 0 Å². The Labute approximate surface area is 92.7 Å². The summed E-state index contributed by atoms with van der Waals surface area (Å²) >= 11 is 5.65. The van der Waals surface area contributed by atoms with Crippen LogP contribution in [0.1, 0.15) is 5.69 Å². The predicted octanol–water partition coefficient (Wildman–Crippen LogP) is 1.63. The summed E-state index contributed by atoms with van der Waals surface area (Å²) in [6.45, 7) is 0. The minimum Gasteiger partial charge on any atom is -0.396 e. The molecule has 5 heteroatoms. The maximum absolute atomic E-state index is 5.80. The molecule has 0 saturated heterocycles. The number of nitrogen functional groups attached to an aromatic ring is 1. The molecular weight excluding hydrogens is 212 g/mol. The van der Waals surface area contributed by atoms with Gasteiger partial charge in [-0.05, 0) is 12.1 Å². The molecular formula is C10H11ClN4. The van der Waals surface area contributed by atoms with Crippen LogP contribution in [0.3, 0.4) is 0 Å². The van der Waals surface area contributed by atoms with Gasteiger partial charge in [0.2, 0.25) is 0 Å². The van der Waals surface area contributed by atoms with Crippen LogP contribution < -0.4 is 5.73 Å². The predicted molar refractivity (Wildman–Crippen MR) is 60.2 cm³/mol. The van der Waals surface area contributed by atoms with Crippen molar-refractivity contribution in [2.75, 3.05) is 11.6 Å². The summed E-state index contributed by atoms with van der Waals surface area (Å²) in [4.78, 5) is 4.02. The minimum absolute atomic E-state index is 0.522. The molecule has 0 amide bonds. The first-order valence-electron chi connectivity index (χ1n) is 4.61. The fourth-order valence-electron chi connectivity index (χ4n) is 1.33. The summed E-state index contributed by atoms with van der Waals surface area (Å²) in [7, 11) is 0. The lowest BCUT2D eigenvalue weighted by atomic mass is 10.3. The third kappa shape index (κ3) is 2.10. The Kier molecular flexibility index (Phi) is 2.87. The fourth-order valence-corrected chi connectivity index (χ4v) is 1.51.